The zero-order chi connectivity index (χ0) is 17.9. The predicted octanol–water partition coefficient (Wildman–Crippen LogP) is 2.92. The molecule has 1 aliphatic rings. The summed E-state index contributed by atoms with van der Waals surface area (Å²) in [5.74, 6) is -0.0187. The Morgan fingerprint density at radius 3 is 2.50 bits per heavy atom. The normalized spacial score (nSPS) is 18.7. The standard InChI is InChI=1S/C19H29N3O2/c1-6-21-19(3,4)13-18(24)22(21)17(23)12-15(2)14-20(5)16-10-8-7-9-11-16/h7-11,15H,6,12-14H2,1-5H3. The fourth-order valence-corrected chi connectivity index (χ4v) is 3.49. The lowest BCUT2D eigenvalue weighted by molar-refractivity contribution is -0.160. The maximum absolute atomic E-state index is 12.7. The van der Waals surface area contributed by atoms with Crippen LogP contribution in [0.25, 0.3) is 0 Å². The number of carbonyl (C=O) groups excluding carboxylic acids is 2. The number of benzene rings is 1. The van der Waals surface area contributed by atoms with Crippen LogP contribution in [-0.4, -0.2) is 47.5 Å². The van der Waals surface area contributed by atoms with E-state index in [2.05, 4.69) is 24.0 Å². The van der Waals surface area contributed by atoms with Gasteiger partial charge in [0.15, 0.2) is 0 Å². The maximum atomic E-state index is 12.7. The van der Waals surface area contributed by atoms with Crippen LogP contribution in [0.2, 0.25) is 0 Å². The number of amides is 2. The Balaban J connectivity index is 1.97. The number of carbonyl (C=O) groups is 2. The summed E-state index contributed by atoms with van der Waals surface area (Å²) in [7, 11) is 2.03. The Morgan fingerprint density at radius 2 is 1.92 bits per heavy atom. The van der Waals surface area contributed by atoms with Crippen LogP contribution in [0, 0.1) is 5.92 Å². The van der Waals surface area contributed by atoms with E-state index in [0.29, 0.717) is 19.4 Å². The molecule has 132 valence electrons. The van der Waals surface area contributed by atoms with E-state index in [-0.39, 0.29) is 23.3 Å². The number of hydrogen-bond acceptors (Lipinski definition) is 4. The quantitative estimate of drug-likeness (QED) is 0.804. The summed E-state index contributed by atoms with van der Waals surface area (Å²) >= 11 is 0. The number of anilines is 1. The van der Waals surface area contributed by atoms with Crippen LogP contribution in [-0.2, 0) is 9.59 Å². The first-order valence-corrected chi connectivity index (χ1v) is 8.65. The summed E-state index contributed by atoms with van der Waals surface area (Å²) in [6.45, 7) is 9.48. The van der Waals surface area contributed by atoms with E-state index >= 15 is 0 Å². The molecule has 1 unspecified atom stereocenters. The number of nitrogens with zero attached hydrogens (tertiary/aromatic N) is 3. The zero-order valence-corrected chi connectivity index (χ0v) is 15.5. The summed E-state index contributed by atoms with van der Waals surface area (Å²) in [5, 5.41) is 3.27. The minimum absolute atomic E-state index is 0.0875. The molecule has 24 heavy (non-hydrogen) atoms. The largest absolute Gasteiger partial charge is 0.374 e. The third-order valence-electron chi connectivity index (χ3n) is 4.60. The van der Waals surface area contributed by atoms with Crippen molar-refractivity contribution >= 4 is 17.5 Å². The smallest absolute Gasteiger partial charge is 0.245 e. The first-order valence-electron chi connectivity index (χ1n) is 8.65. The monoisotopic (exact) mass is 331 g/mol. The highest BCUT2D eigenvalue weighted by Gasteiger charge is 2.45. The summed E-state index contributed by atoms with van der Waals surface area (Å²) < 4.78 is 0. The van der Waals surface area contributed by atoms with Crippen molar-refractivity contribution in [1.82, 2.24) is 10.0 Å². The van der Waals surface area contributed by atoms with Gasteiger partial charge >= 0.3 is 0 Å². The van der Waals surface area contributed by atoms with E-state index in [1.54, 1.807) is 0 Å². The molecule has 1 atom stereocenters. The third-order valence-corrected chi connectivity index (χ3v) is 4.60. The first-order chi connectivity index (χ1) is 11.3. The molecule has 1 saturated heterocycles. The van der Waals surface area contributed by atoms with Crippen molar-refractivity contribution in [2.24, 2.45) is 5.92 Å². The molecule has 1 aromatic rings. The average Bonchev–Trinajstić information content (AvgIpc) is 2.75. The lowest BCUT2D eigenvalue weighted by Crippen LogP contribution is -2.50. The molecule has 1 heterocycles. The molecule has 0 saturated carbocycles. The molecule has 0 radical (unpaired) electrons. The van der Waals surface area contributed by atoms with Crippen molar-refractivity contribution in [2.75, 3.05) is 25.0 Å². The van der Waals surface area contributed by atoms with Crippen molar-refractivity contribution in [3.8, 4) is 0 Å². The Bertz CT molecular complexity index is 586. The fourth-order valence-electron chi connectivity index (χ4n) is 3.49. The van der Waals surface area contributed by atoms with Gasteiger partial charge in [-0.25, -0.2) is 10.0 Å². The van der Waals surface area contributed by atoms with Gasteiger partial charge in [0.1, 0.15) is 0 Å². The molecule has 0 aromatic heterocycles. The van der Waals surface area contributed by atoms with Crippen molar-refractivity contribution in [3.05, 3.63) is 30.3 Å². The molecule has 1 fully saturated rings. The highest BCUT2D eigenvalue weighted by atomic mass is 16.2. The molecule has 2 amide bonds. The molecule has 0 N–H and O–H groups in total. The second-order valence-corrected chi connectivity index (χ2v) is 7.33. The summed E-state index contributed by atoms with van der Waals surface area (Å²) in [6.07, 6.45) is 0.764. The SMILES string of the molecule is CCN1N(C(=O)CC(C)CN(C)c2ccccc2)C(=O)CC1(C)C. The van der Waals surface area contributed by atoms with Crippen LogP contribution in [0.1, 0.15) is 40.5 Å². The minimum atomic E-state index is -0.286. The number of imide groups is 1. The zero-order valence-electron chi connectivity index (χ0n) is 15.5. The Morgan fingerprint density at radius 1 is 1.29 bits per heavy atom. The van der Waals surface area contributed by atoms with Crippen LogP contribution in [0.4, 0.5) is 5.69 Å². The molecule has 1 aromatic carbocycles. The lowest BCUT2D eigenvalue weighted by Gasteiger charge is -2.34. The van der Waals surface area contributed by atoms with E-state index in [0.717, 1.165) is 12.2 Å². The Hall–Kier alpha value is -1.88. The van der Waals surface area contributed by atoms with Gasteiger partial charge in [-0.3, -0.25) is 9.59 Å². The number of hydrogen-bond donors (Lipinski definition) is 0. The van der Waals surface area contributed by atoms with Gasteiger partial charge in [0.2, 0.25) is 11.8 Å². The minimum Gasteiger partial charge on any atom is -0.374 e. The number of rotatable bonds is 6. The summed E-state index contributed by atoms with van der Waals surface area (Å²) in [6, 6.07) is 10.1. The van der Waals surface area contributed by atoms with Gasteiger partial charge in [0, 0.05) is 44.2 Å². The van der Waals surface area contributed by atoms with Crippen molar-refractivity contribution in [2.45, 2.75) is 46.1 Å². The van der Waals surface area contributed by atoms with Gasteiger partial charge < -0.3 is 4.90 Å². The molecule has 5 nitrogen and oxygen atoms in total. The van der Waals surface area contributed by atoms with E-state index in [1.807, 2.05) is 51.0 Å². The van der Waals surface area contributed by atoms with E-state index in [9.17, 15) is 9.59 Å². The van der Waals surface area contributed by atoms with Gasteiger partial charge in [-0.15, -0.1) is 0 Å². The van der Waals surface area contributed by atoms with Gasteiger partial charge in [-0.1, -0.05) is 32.0 Å². The van der Waals surface area contributed by atoms with Gasteiger partial charge in [-0.2, -0.15) is 0 Å². The highest BCUT2D eigenvalue weighted by molar-refractivity contribution is 5.96. The van der Waals surface area contributed by atoms with E-state index < -0.39 is 0 Å². The van der Waals surface area contributed by atoms with Crippen LogP contribution in [0.3, 0.4) is 0 Å². The second kappa shape index (κ2) is 7.34. The predicted molar refractivity (Wildman–Crippen MR) is 96.4 cm³/mol. The molecule has 5 heteroatoms. The molecule has 0 bridgehead atoms. The number of para-hydroxylation sites is 1. The molecule has 0 aliphatic carbocycles. The van der Waals surface area contributed by atoms with Gasteiger partial charge in [0.05, 0.1) is 0 Å². The number of hydrazine groups is 1. The van der Waals surface area contributed by atoms with Crippen molar-refractivity contribution < 1.29 is 9.59 Å². The Kier molecular flexibility index (Phi) is 5.65. The highest BCUT2D eigenvalue weighted by Crippen LogP contribution is 2.30. The fraction of sp³-hybridized carbons (Fsp3) is 0.579. The second-order valence-electron chi connectivity index (χ2n) is 7.33. The maximum Gasteiger partial charge on any atom is 0.245 e. The van der Waals surface area contributed by atoms with Gasteiger partial charge in [-0.05, 0) is 31.9 Å². The van der Waals surface area contributed by atoms with Crippen molar-refractivity contribution in [1.29, 1.82) is 0 Å². The van der Waals surface area contributed by atoms with Crippen LogP contribution in [0.15, 0.2) is 30.3 Å². The topological polar surface area (TPSA) is 43.9 Å². The lowest BCUT2D eigenvalue weighted by atomic mass is 10.0. The van der Waals surface area contributed by atoms with Gasteiger partial charge in [0.25, 0.3) is 0 Å². The van der Waals surface area contributed by atoms with Crippen LogP contribution in [0.5, 0.6) is 0 Å². The van der Waals surface area contributed by atoms with Crippen LogP contribution < -0.4 is 4.90 Å². The molecular weight excluding hydrogens is 302 g/mol. The summed E-state index contributed by atoms with van der Waals surface area (Å²) in [5.41, 5.74) is 0.844. The van der Waals surface area contributed by atoms with E-state index in [4.69, 9.17) is 0 Å². The average molecular weight is 331 g/mol. The van der Waals surface area contributed by atoms with Crippen LogP contribution >= 0.6 is 0 Å². The van der Waals surface area contributed by atoms with E-state index in [1.165, 1.54) is 5.01 Å². The molecular formula is C19H29N3O2. The summed E-state index contributed by atoms with van der Waals surface area (Å²) in [4.78, 5) is 27.1. The first kappa shape index (κ1) is 18.5. The molecule has 1 aliphatic heterocycles. The molecule has 0 spiro atoms. The third kappa shape index (κ3) is 3.96. The Labute approximate surface area is 145 Å². The van der Waals surface area contributed by atoms with Crippen molar-refractivity contribution in [3.63, 3.8) is 0 Å². The molecule has 2 rings (SSSR count).